The molecule has 0 aliphatic heterocycles. The zero-order chi connectivity index (χ0) is 6.57. The Morgan fingerprint density at radius 2 is 1.88 bits per heavy atom. The van der Waals surface area contributed by atoms with Gasteiger partial charge in [-0.15, -0.1) is 0 Å². The third kappa shape index (κ3) is 2.23. The normalized spacial score (nSPS) is 18.0. The number of rotatable bonds is 3. The summed E-state index contributed by atoms with van der Waals surface area (Å²) in [5.41, 5.74) is 5.30. The molecule has 0 amide bonds. The molecule has 0 rings (SSSR count). The zero-order valence-corrected chi connectivity index (χ0v) is 5.18. The van der Waals surface area contributed by atoms with E-state index in [0.717, 1.165) is 0 Å². The average molecular weight is 119 g/mol. The Kier molecular flexibility index (Phi) is 3.72. The summed E-state index contributed by atoms with van der Waals surface area (Å²) >= 11 is 0. The Balaban J connectivity index is 3.29. The molecule has 2 atom stereocenters. The molecule has 8 heavy (non-hydrogen) atoms. The molecule has 4 nitrogen and oxygen atoms in total. The first-order valence-electron chi connectivity index (χ1n) is 2.50. The molecule has 5 N–H and O–H groups in total. The lowest BCUT2D eigenvalue weighted by atomic mass is 10.4. The fraction of sp³-hybridized carbons (Fsp3) is 1.00. The van der Waals surface area contributed by atoms with Gasteiger partial charge in [-0.3, -0.25) is 5.32 Å². The fourth-order valence-corrected chi connectivity index (χ4v) is 0.337. The van der Waals surface area contributed by atoms with Crippen molar-refractivity contribution in [1.82, 2.24) is 10.6 Å². The van der Waals surface area contributed by atoms with Gasteiger partial charge in [0.1, 0.15) is 6.23 Å². The van der Waals surface area contributed by atoms with E-state index in [-0.39, 0.29) is 6.17 Å². The molecule has 0 aliphatic rings. The van der Waals surface area contributed by atoms with Crippen LogP contribution in [-0.4, -0.2) is 31.6 Å². The van der Waals surface area contributed by atoms with Crippen molar-refractivity contribution < 1.29 is 5.11 Å². The lowest BCUT2D eigenvalue weighted by Gasteiger charge is -2.16. The van der Waals surface area contributed by atoms with Crippen molar-refractivity contribution >= 4 is 0 Å². The molecule has 0 heterocycles. The van der Waals surface area contributed by atoms with Crippen molar-refractivity contribution in [3.8, 4) is 0 Å². The van der Waals surface area contributed by atoms with Crippen LogP contribution in [0.2, 0.25) is 0 Å². The molecule has 0 radical (unpaired) electrons. The summed E-state index contributed by atoms with van der Waals surface area (Å²) in [6, 6.07) is 0. The molecule has 4 heteroatoms. The van der Waals surface area contributed by atoms with Crippen LogP contribution >= 0.6 is 0 Å². The number of nitrogens with one attached hydrogen (secondary N) is 2. The molecular weight excluding hydrogens is 106 g/mol. The number of aliphatic hydroxyl groups is 1. The maximum atomic E-state index is 8.83. The largest absolute Gasteiger partial charge is 0.376 e. The van der Waals surface area contributed by atoms with Crippen LogP contribution in [0.3, 0.4) is 0 Å². The molecule has 0 aromatic carbocycles. The highest BCUT2D eigenvalue weighted by Gasteiger charge is 2.07. The van der Waals surface area contributed by atoms with Gasteiger partial charge >= 0.3 is 0 Å². The highest BCUT2D eigenvalue weighted by Crippen LogP contribution is 1.74. The average Bonchev–Trinajstić information content (AvgIpc) is 1.84. The summed E-state index contributed by atoms with van der Waals surface area (Å²) in [6.07, 6.45) is -1.06. The molecule has 0 aromatic heterocycles. The maximum Gasteiger partial charge on any atom is 0.133 e. The summed E-state index contributed by atoms with van der Waals surface area (Å²) in [6.45, 7) is 0. The fourth-order valence-electron chi connectivity index (χ4n) is 0.337. The van der Waals surface area contributed by atoms with E-state index in [2.05, 4.69) is 10.6 Å². The van der Waals surface area contributed by atoms with Gasteiger partial charge in [-0.2, -0.15) is 0 Å². The summed E-state index contributed by atoms with van der Waals surface area (Å²) < 4.78 is 0. The van der Waals surface area contributed by atoms with Gasteiger partial charge in [-0.1, -0.05) is 0 Å². The number of aliphatic hydroxyl groups excluding tert-OH is 1. The molecule has 0 aliphatic carbocycles. The van der Waals surface area contributed by atoms with Gasteiger partial charge in [0.05, 0.1) is 6.17 Å². The zero-order valence-electron chi connectivity index (χ0n) is 5.18. The highest BCUT2D eigenvalue weighted by atomic mass is 16.3. The lowest BCUT2D eigenvalue weighted by molar-refractivity contribution is 0.107. The van der Waals surface area contributed by atoms with Gasteiger partial charge in [-0.05, 0) is 14.1 Å². The molecule has 0 spiro atoms. The Labute approximate surface area is 49.1 Å². The van der Waals surface area contributed by atoms with E-state index in [4.69, 9.17) is 10.8 Å². The first-order chi connectivity index (χ1) is 3.72. The van der Waals surface area contributed by atoms with Crippen molar-refractivity contribution in [2.75, 3.05) is 14.1 Å². The maximum absolute atomic E-state index is 8.83. The van der Waals surface area contributed by atoms with Gasteiger partial charge in [0.2, 0.25) is 0 Å². The second-order valence-electron chi connectivity index (χ2n) is 1.55. The predicted octanol–water partition coefficient (Wildman–Crippen LogP) is -1.97. The second-order valence-corrected chi connectivity index (χ2v) is 1.55. The Bertz CT molecular complexity index is 51.2. The highest BCUT2D eigenvalue weighted by molar-refractivity contribution is 4.61. The third-order valence-corrected chi connectivity index (χ3v) is 0.969. The molecule has 2 unspecified atom stereocenters. The number of hydrogen-bond donors (Lipinski definition) is 4. The Morgan fingerprint density at radius 1 is 1.38 bits per heavy atom. The van der Waals surface area contributed by atoms with Crippen molar-refractivity contribution in [2.24, 2.45) is 5.73 Å². The van der Waals surface area contributed by atoms with Crippen LogP contribution in [0.1, 0.15) is 0 Å². The summed E-state index contributed by atoms with van der Waals surface area (Å²) in [4.78, 5) is 0. The summed E-state index contributed by atoms with van der Waals surface area (Å²) in [5.74, 6) is 0. The molecule has 0 saturated carbocycles. The standard InChI is InChI=1S/C4H13N3O/c1-6-3(5)4(8)7-2/h3-4,6-8H,5H2,1-2H3. The first-order valence-corrected chi connectivity index (χ1v) is 2.50. The minimum Gasteiger partial charge on any atom is -0.376 e. The smallest absolute Gasteiger partial charge is 0.133 e. The van der Waals surface area contributed by atoms with Crippen LogP contribution in [0.15, 0.2) is 0 Å². The predicted molar refractivity (Wildman–Crippen MR) is 32.1 cm³/mol. The monoisotopic (exact) mass is 119 g/mol. The number of likely N-dealkylation sites (N-methyl/N-ethyl adjacent to an activating group) is 2. The first kappa shape index (κ1) is 7.84. The van der Waals surface area contributed by atoms with E-state index in [1.54, 1.807) is 14.1 Å². The van der Waals surface area contributed by atoms with Gasteiger partial charge in [0, 0.05) is 0 Å². The van der Waals surface area contributed by atoms with Crippen LogP contribution in [0, 0.1) is 0 Å². The van der Waals surface area contributed by atoms with E-state index < -0.39 is 6.23 Å². The summed E-state index contributed by atoms with van der Waals surface area (Å²) in [7, 11) is 3.33. The lowest BCUT2D eigenvalue weighted by Crippen LogP contribution is -2.51. The molecule has 0 fully saturated rings. The van der Waals surface area contributed by atoms with E-state index in [1.807, 2.05) is 0 Å². The number of hydrogen-bond acceptors (Lipinski definition) is 4. The van der Waals surface area contributed by atoms with E-state index in [9.17, 15) is 0 Å². The number of nitrogens with two attached hydrogens (primary N) is 1. The van der Waals surface area contributed by atoms with E-state index in [1.165, 1.54) is 0 Å². The molecular formula is C4H13N3O. The Hall–Kier alpha value is -0.160. The van der Waals surface area contributed by atoms with Crippen LogP contribution in [-0.2, 0) is 0 Å². The molecule has 0 bridgehead atoms. The summed E-state index contributed by atoms with van der Waals surface area (Å²) in [5, 5.41) is 14.1. The van der Waals surface area contributed by atoms with Crippen LogP contribution < -0.4 is 16.4 Å². The third-order valence-electron chi connectivity index (χ3n) is 0.969. The van der Waals surface area contributed by atoms with Crippen molar-refractivity contribution in [2.45, 2.75) is 12.4 Å². The second kappa shape index (κ2) is 3.80. The Morgan fingerprint density at radius 3 is 2.00 bits per heavy atom. The van der Waals surface area contributed by atoms with Crippen molar-refractivity contribution in [3.63, 3.8) is 0 Å². The van der Waals surface area contributed by atoms with Crippen molar-refractivity contribution in [1.29, 1.82) is 0 Å². The quantitative estimate of drug-likeness (QED) is 0.325. The molecule has 0 saturated heterocycles. The SMILES string of the molecule is CNC(N)C(O)NC. The molecule has 50 valence electrons. The van der Waals surface area contributed by atoms with Crippen LogP contribution in [0.4, 0.5) is 0 Å². The van der Waals surface area contributed by atoms with Gasteiger partial charge < -0.3 is 16.2 Å². The van der Waals surface area contributed by atoms with Gasteiger partial charge in [0.25, 0.3) is 0 Å². The van der Waals surface area contributed by atoms with Crippen LogP contribution in [0.25, 0.3) is 0 Å². The minimum atomic E-state index is -0.667. The minimum absolute atomic E-state index is 0.389. The van der Waals surface area contributed by atoms with Crippen LogP contribution in [0.5, 0.6) is 0 Å². The van der Waals surface area contributed by atoms with Gasteiger partial charge in [0.15, 0.2) is 0 Å². The van der Waals surface area contributed by atoms with E-state index in [0.29, 0.717) is 0 Å². The molecule has 0 aromatic rings. The van der Waals surface area contributed by atoms with Crippen molar-refractivity contribution in [3.05, 3.63) is 0 Å². The topological polar surface area (TPSA) is 70.3 Å². The van der Waals surface area contributed by atoms with E-state index >= 15 is 0 Å². The van der Waals surface area contributed by atoms with Gasteiger partial charge in [-0.25, -0.2) is 0 Å².